The van der Waals surface area contributed by atoms with Gasteiger partial charge >= 0.3 is 0 Å². The first-order chi connectivity index (χ1) is 14.0. The summed E-state index contributed by atoms with van der Waals surface area (Å²) in [6, 6.07) is 12.5. The molecule has 29 heavy (non-hydrogen) atoms. The molecule has 150 valence electrons. The van der Waals surface area contributed by atoms with Crippen molar-refractivity contribution in [1.29, 1.82) is 0 Å². The van der Waals surface area contributed by atoms with Crippen molar-refractivity contribution in [3.63, 3.8) is 0 Å². The van der Waals surface area contributed by atoms with Crippen LogP contribution in [0, 0.1) is 6.92 Å². The van der Waals surface area contributed by atoms with Gasteiger partial charge in [-0.1, -0.05) is 18.2 Å². The lowest BCUT2D eigenvalue weighted by molar-refractivity contribution is -0.118. The summed E-state index contributed by atoms with van der Waals surface area (Å²) in [5, 5.41) is 12.9. The number of H-pyrrole nitrogens is 1. The normalized spacial score (nSPS) is 10.4. The van der Waals surface area contributed by atoms with Crippen molar-refractivity contribution in [2.45, 2.75) is 13.8 Å². The van der Waals surface area contributed by atoms with E-state index in [-0.39, 0.29) is 18.2 Å². The molecule has 9 heteroatoms. The molecule has 0 fully saturated rings. The number of rotatable bonds is 8. The molecule has 0 spiro atoms. The molecule has 1 aromatic heterocycles. The Morgan fingerprint density at radius 3 is 2.62 bits per heavy atom. The Bertz CT molecular complexity index is 1030. The average molecular weight is 395 g/mol. The summed E-state index contributed by atoms with van der Waals surface area (Å²) in [7, 11) is 0. The van der Waals surface area contributed by atoms with Gasteiger partial charge in [-0.05, 0) is 43.7 Å². The van der Waals surface area contributed by atoms with E-state index in [1.165, 1.54) is 0 Å². The van der Waals surface area contributed by atoms with Crippen molar-refractivity contribution in [2.75, 3.05) is 18.5 Å². The molecule has 4 N–H and O–H groups in total. The number of carbonyl (C=O) groups is 2. The van der Waals surface area contributed by atoms with E-state index in [1.54, 1.807) is 18.2 Å². The number of nitrogens with zero attached hydrogens (tertiary/aromatic N) is 2. The second-order valence-corrected chi connectivity index (χ2v) is 6.13. The Morgan fingerprint density at radius 1 is 1.10 bits per heavy atom. The van der Waals surface area contributed by atoms with E-state index in [1.807, 2.05) is 38.1 Å². The van der Waals surface area contributed by atoms with Crippen LogP contribution in [0.25, 0.3) is 11.3 Å². The summed E-state index contributed by atoms with van der Waals surface area (Å²) < 4.78 is 11.3. The maximum atomic E-state index is 12.2. The smallest absolute Gasteiger partial charge is 0.271 e. The molecule has 2 aromatic carbocycles. The van der Waals surface area contributed by atoms with E-state index in [9.17, 15) is 9.59 Å². The highest BCUT2D eigenvalue weighted by Gasteiger charge is 2.18. The lowest BCUT2D eigenvalue weighted by Gasteiger charge is -2.13. The number of para-hydroxylation sites is 1. The number of benzene rings is 2. The summed E-state index contributed by atoms with van der Waals surface area (Å²) in [5.41, 5.74) is 7.91. The van der Waals surface area contributed by atoms with Crippen LogP contribution in [0.3, 0.4) is 0 Å². The van der Waals surface area contributed by atoms with E-state index >= 15 is 0 Å². The number of aromatic amines is 1. The molecule has 3 aromatic rings. The van der Waals surface area contributed by atoms with Crippen LogP contribution in [-0.4, -0.2) is 40.4 Å². The number of ether oxygens (including phenoxy) is 2. The summed E-state index contributed by atoms with van der Waals surface area (Å²) in [6.07, 6.45) is 0. The van der Waals surface area contributed by atoms with Crippen molar-refractivity contribution in [3.05, 3.63) is 53.7 Å². The number of nitrogens with two attached hydrogens (primary N) is 1. The summed E-state index contributed by atoms with van der Waals surface area (Å²) in [6.45, 7) is 3.93. The van der Waals surface area contributed by atoms with E-state index in [0.717, 1.165) is 11.3 Å². The number of carbonyl (C=O) groups excluding carboxylic acids is 2. The molecule has 0 aliphatic carbocycles. The fourth-order valence-electron chi connectivity index (χ4n) is 2.69. The lowest BCUT2D eigenvalue weighted by atomic mass is 10.1. The number of hydrogen-bond acceptors (Lipinski definition) is 6. The van der Waals surface area contributed by atoms with E-state index in [0.29, 0.717) is 29.4 Å². The number of aryl methyl sites for hydroxylation is 1. The Labute approximate surface area is 167 Å². The molecule has 3 rings (SSSR count). The third-order valence-electron chi connectivity index (χ3n) is 4.08. The Hall–Kier alpha value is -3.88. The minimum absolute atomic E-state index is 0.0266. The first kappa shape index (κ1) is 19.9. The third kappa shape index (κ3) is 4.70. The highest BCUT2D eigenvalue weighted by molar-refractivity contribution is 5.96. The van der Waals surface area contributed by atoms with Gasteiger partial charge in [-0.25, -0.2) is 0 Å². The van der Waals surface area contributed by atoms with Gasteiger partial charge in [0.25, 0.3) is 11.8 Å². The molecule has 0 unspecified atom stereocenters. The number of hydrogen-bond donors (Lipinski definition) is 3. The number of primary amides is 1. The standard InChI is InChI=1S/C20H21N5O4/c1-3-28-16-10-13(18-19(20(21)27)24-25-23-18)8-9-15(16)29-11-17(26)22-14-7-5-4-6-12(14)2/h4-10H,3,11H2,1-2H3,(H2,21,27)(H,22,26)(H,23,24,25). The Balaban J connectivity index is 1.75. The zero-order valence-electron chi connectivity index (χ0n) is 16.1. The molecule has 9 nitrogen and oxygen atoms in total. The van der Waals surface area contributed by atoms with Crippen molar-refractivity contribution in [2.24, 2.45) is 5.73 Å². The number of amides is 2. The van der Waals surface area contributed by atoms with E-state index in [2.05, 4.69) is 20.7 Å². The second kappa shape index (κ2) is 8.87. The van der Waals surface area contributed by atoms with Crippen LogP contribution in [0.5, 0.6) is 11.5 Å². The average Bonchev–Trinajstić information content (AvgIpc) is 3.19. The molecule has 0 saturated carbocycles. The van der Waals surface area contributed by atoms with Gasteiger partial charge in [-0.2, -0.15) is 15.4 Å². The zero-order chi connectivity index (χ0) is 20.8. The van der Waals surface area contributed by atoms with Gasteiger partial charge in [0.2, 0.25) is 0 Å². The van der Waals surface area contributed by atoms with Crippen molar-refractivity contribution >= 4 is 17.5 Å². The monoisotopic (exact) mass is 395 g/mol. The lowest BCUT2D eigenvalue weighted by Crippen LogP contribution is -2.20. The fraction of sp³-hybridized carbons (Fsp3) is 0.200. The largest absolute Gasteiger partial charge is 0.490 e. The third-order valence-corrected chi connectivity index (χ3v) is 4.08. The predicted molar refractivity (Wildman–Crippen MR) is 107 cm³/mol. The molecule has 0 radical (unpaired) electrons. The molecule has 0 bridgehead atoms. The molecule has 2 amide bonds. The molecule has 0 atom stereocenters. The maximum Gasteiger partial charge on any atom is 0.271 e. The molecule has 1 heterocycles. The van der Waals surface area contributed by atoms with E-state index in [4.69, 9.17) is 15.2 Å². The van der Waals surface area contributed by atoms with Crippen molar-refractivity contribution in [1.82, 2.24) is 15.4 Å². The van der Waals surface area contributed by atoms with E-state index < -0.39 is 5.91 Å². The minimum atomic E-state index is -0.695. The quantitative estimate of drug-likeness (QED) is 0.536. The number of anilines is 1. The van der Waals surface area contributed by atoms with Crippen LogP contribution < -0.4 is 20.5 Å². The highest BCUT2D eigenvalue weighted by Crippen LogP contribution is 2.33. The Morgan fingerprint density at radius 2 is 1.90 bits per heavy atom. The van der Waals surface area contributed by atoms with Gasteiger partial charge in [0.15, 0.2) is 23.8 Å². The number of aromatic nitrogens is 3. The van der Waals surface area contributed by atoms with Crippen LogP contribution >= 0.6 is 0 Å². The zero-order valence-corrected chi connectivity index (χ0v) is 16.1. The van der Waals surface area contributed by atoms with Crippen LogP contribution in [-0.2, 0) is 4.79 Å². The van der Waals surface area contributed by atoms with Gasteiger partial charge in [0.1, 0.15) is 5.69 Å². The number of nitrogens with one attached hydrogen (secondary N) is 2. The summed E-state index contributed by atoms with van der Waals surface area (Å²) >= 11 is 0. The minimum Gasteiger partial charge on any atom is -0.490 e. The summed E-state index contributed by atoms with van der Waals surface area (Å²) in [5.74, 6) is -0.190. The van der Waals surface area contributed by atoms with Gasteiger partial charge in [0.05, 0.1) is 6.61 Å². The molecule has 0 aliphatic rings. The second-order valence-electron chi connectivity index (χ2n) is 6.13. The first-order valence-corrected chi connectivity index (χ1v) is 8.95. The fourth-order valence-corrected chi connectivity index (χ4v) is 2.69. The van der Waals surface area contributed by atoms with Gasteiger partial charge < -0.3 is 20.5 Å². The van der Waals surface area contributed by atoms with Gasteiger partial charge in [-0.3, -0.25) is 9.59 Å². The van der Waals surface area contributed by atoms with Crippen molar-refractivity contribution in [3.8, 4) is 22.8 Å². The molecular formula is C20H21N5O4. The molecule has 0 saturated heterocycles. The maximum absolute atomic E-state index is 12.2. The first-order valence-electron chi connectivity index (χ1n) is 8.95. The molecule has 0 aliphatic heterocycles. The SMILES string of the molecule is CCOc1cc(-c2n[nH]nc2C(N)=O)ccc1OCC(=O)Nc1ccccc1C. The summed E-state index contributed by atoms with van der Waals surface area (Å²) in [4.78, 5) is 23.7. The van der Waals surface area contributed by atoms with Gasteiger partial charge in [0, 0.05) is 11.3 Å². The van der Waals surface area contributed by atoms with Crippen LogP contribution in [0.1, 0.15) is 23.0 Å². The topological polar surface area (TPSA) is 132 Å². The van der Waals surface area contributed by atoms with Gasteiger partial charge in [-0.15, -0.1) is 0 Å². The van der Waals surface area contributed by atoms with Crippen molar-refractivity contribution < 1.29 is 19.1 Å². The molecular weight excluding hydrogens is 374 g/mol. The predicted octanol–water partition coefficient (Wildman–Crippen LogP) is 2.30. The van der Waals surface area contributed by atoms with Crippen LogP contribution in [0.2, 0.25) is 0 Å². The van der Waals surface area contributed by atoms with Crippen LogP contribution in [0.15, 0.2) is 42.5 Å². The highest BCUT2D eigenvalue weighted by atomic mass is 16.5. The van der Waals surface area contributed by atoms with Crippen LogP contribution in [0.4, 0.5) is 5.69 Å². The Kier molecular flexibility index (Phi) is 6.08.